The maximum absolute atomic E-state index is 11.2. The summed E-state index contributed by atoms with van der Waals surface area (Å²) in [5.74, 6) is 0.960. The van der Waals surface area contributed by atoms with E-state index in [-0.39, 0.29) is 11.7 Å². The fraction of sp³-hybridized carbons (Fsp3) is 0.167. The van der Waals surface area contributed by atoms with Gasteiger partial charge in [0, 0.05) is 12.1 Å². The second-order valence-corrected chi connectivity index (χ2v) is 9.09. The average molecular weight is 502 g/mol. The quantitative estimate of drug-likeness (QED) is 0.392. The summed E-state index contributed by atoms with van der Waals surface area (Å²) in [6, 6.07) is 41.8. The molecule has 0 aliphatic rings. The van der Waals surface area contributed by atoms with Crippen LogP contribution in [-0.2, 0) is 9.84 Å². The van der Waals surface area contributed by atoms with Crippen molar-refractivity contribution in [3.63, 3.8) is 0 Å². The normalized spacial score (nSPS) is 9.53. The van der Waals surface area contributed by atoms with Gasteiger partial charge in [-0.15, -0.1) is 0 Å². The molecule has 1 N–H and O–H groups in total. The van der Waals surface area contributed by atoms with Gasteiger partial charge in [0.25, 0.3) is 5.91 Å². The van der Waals surface area contributed by atoms with Crippen LogP contribution in [0.4, 0.5) is 0 Å². The standard InChI is InChI=1S/C9H10NO.C8H9O2S.C7H7O.C6H5/c1-2-10-9(11)8-6-4-3-5-7-8;1-2-11(9,10)8-6-4-3-5-7-8;1-8-7-5-3-2-4-6-7;1-2-4-6-5-3-1/h3-4,6-7H,2H2,1H3,(H,10,11);3-4,6-7H,2H2,1H3;2-3,5-6H,1H3;1-5H. The number of hydrogen-bond donors (Lipinski definition) is 1. The molecule has 1 amide bonds. The SMILES string of the molecule is CCNC(=O)c1c[c]ccc1.CCS(=O)(=O)c1c[c]ccc1.COc1c[c]ccc1.[c]1ccccc1. The Morgan fingerprint density at radius 2 is 1.36 bits per heavy atom. The lowest BCUT2D eigenvalue weighted by Gasteiger charge is -1.99. The van der Waals surface area contributed by atoms with Crippen molar-refractivity contribution in [2.24, 2.45) is 0 Å². The lowest BCUT2D eigenvalue weighted by Crippen LogP contribution is -2.22. The van der Waals surface area contributed by atoms with Gasteiger partial charge in [0.15, 0.2) is 9.84 Å². The van der Waals surface area contributed by atoms with Crippen LogP contribution in [0.5, 0.6) is 5.75 Å². The van der Waals surface area contributed by atoms with Crippen molar-refractivity contribution in [3.8, 4) is 5.75 Å². The van der Waals surface area contributed by atoms with E-state index in [9.17, 15) is 13.2 Å². The Morgan fingerprint density at radius 3 is 1.72 bits per heavy atom. The number of benzene rings is 4. The van der Waals surface area contributed by atoms with Gasteiger partial charge in [-0.2, -0.15) is 0 Å². The Kier molecular flexibility index (Phi) is 15.4. The van der Waals surface area contributed by atoms with Crippen LogP contribution in [0.2, 0.25) is 0 Å². The molecule has 36 heavy (non-hydrogen) atoms. The van der Waals surface area contributed by atoms with Crippen LogP contribution in [0.1, 0.15) is 24.2 Å². The molecule has 5 nitrogen and oxygen atoms in total. The molecule has 4 aromatic rings. The molecule has 0 spiro atoms. The summed E-state index contributed by atoms with van der Waals surface area (Å²) < 4.78 is 27.2. The number of amides is 1. The van der Waals surface area contributed by atoms with Gasteiger partial charge in [0.05, 0.1) is 17.8 Å². The summed E-state index contributed by atoms with van der Waals surface area (Å²) in [6.45, 7) is 4.18. The van der Waals surface area contributed by atoms with Crippen molar-refractivity contribution >= 4 is 15.7 Å². The van der Waals surface area contributed by atoms with Crippen molar-refractivity contribution in [1.29, 1.82) is 0 Å². The average Bonchev–Trinajstić information content (AvgIpc) is 2.96. The molecular weight excluding hydrogens is 470 g/mol. The second-order valence-electron chi connectivity index (χ2n) is 6.81. The van der Waals surface area contributed by atoms with Crippen LogP contribution >= 0.6 is 0 Å². The highest BCUT2D eigenvalue weighted by Crippen LogP contribution is 2.08. The Bertz CT molecular complexity index is 1140. The third-order valence-corrected chi connectivity index (χ3v) is 5.98. The highest BCUT2D eigenvalue weighted by Gasteiger charge is 2.08. The van der Waals surface area contributed by atoms with Gasteiger partial charge in [-0.1, -0.05) is 73.7 Å². The van der Waals surface area contributed by atoms with E-state index in [1.807, 2.05) is 55.5 Å². The van der Waals surface area contributed by atoms with Crippen LogP contribution in [0, 0.1) is 24.3 Å². The number of carbonyl (C=O) groups excluding carboxylic acids is 1. The van der Waals surface area contributed by atoms with Crippen molar-refractivity contribution in [1.82, 2.24) is 5.32 Å². The number of carbonyl (C=O) groups is 1. The first-order valence-electron chi connectivity index (χ1n) is 11.3. The van der Waals surface area contributed by atoms with E-state index in [2.05, 4.69) is 29.6 Å². The van der Waals surface area contributed by atoms with Gasteiger partial charge in [-0.3, -0.25) is 4.79 Å². The van der Waals surface area contributed by atoms with Crippen LogP contribution < -0.4 is 10.1 Å². The molecule has 6 heteroatoms. The van der Waals surface area contributed by atoms with Crippen molar-refractivity contribution in [3.05, 3.63) is 133 Å². The molecule has 0 atom stereocenters. The van der Waals surface area contributed by atoms with E-state index in [1.54, 1.807) is 62.6 Å². The molecule has 0 heterocycles. The number of methoxy groups -OCH3 is 1. The van der Waals surface area contributed by atoms with Crippen molar-refractivity contribution in [2.75, 3.05) is 19.4 Å². The lowest BCUT2D eigenvalue weighted by atomic mass is 10.2. The fourth-order valence-corrected chi connectivity index (χ4v) is 3.25. The minimum Gasteiger partial charge on any atom is -0.497 e. The predicted octanol–water partition coefficient (Wildman–Crippen LogP) is 5.50. The molecule has 0 saturated heterocycles. The molecular formula is C30H31NO4S. The number of rotatable bonds is 5. The molecule has 186 valence electrons. The first kappa shape index (κ1) is 30.1. The molecule has 0 saturated carbocycles. The zero-order valence-electron chi connectivity index (χ0n) is 20.8. The minimum atomic E-state index is -3.03. The summed E-state index contributed by atoms with van der Waals surface area (Å²) in [5, 5.41) is 2.70. The topological polar surface area (TPSA) is 72.5 Å². The summed E-state index contributed by atoms with van der Waals surface area (Å²) in [7, 11) is -1.39. The van der Waals surface area contributed by atoms with Crippen LogP contribution in [-0.4, -0.2) is 33.7 Å². The van der Waals surface area contributed by atoms with E-state index in [1.165, 1.54) is 6.07 Å². The second kappa shape index (κ2) is 18.4. The molecule has 4 aromatic carbocycles. The minimum absolute atomic E-state index is 0.0376. The van der Waals surface area contributed by atoms with Crippen molar-refractivity contribution < 1.29 is 17.9 Å². The first-order valence-corrected chi connectivity index (χ1v) is 12.9. The van der Waals surface area contributed by atoms with Crippen LogP contribution in [0.3, 0.4) is 0 Å². The van der Waals surface area contributed by atoms with Crippen LogP contribution in [0.25, 0.3) is 0 Å². The molecule has 4 rings (SSSR count). The summed E-state index contributed by atoms with van der Waals surface area (Å²) in [4.78, 5) is 11.5. The van der Waals surface area contributed by atoms with Crippen LogP contribution in [0.15, 0.2) is 108 Å². The van der Waals surface area contributed by atoms with E-state index in [0.717, 1.165) is 5.75 Å². The van der Waals surface area contributed by atoms with E-state index >= 15 is 0 Å². The van der Waals surface area contributed by atoms with Gasteiger partial charge in [-0.05, 0) is 67.6 Å². The number of sulfone groups is 1. The molecule has 0 aliphatic heterocycles. The summed E-state index contributed by atoms with van der Waals surface area (Å²) in [5.41, 5.74) is 0.661. The number of ether oxygens (including phenoxy) is 1. The summed E-state index contributed by atoms with van der Waals surface area (Å²) in [6.07, 6.45) is 0. The first-order chi connectivity index (χ1) is 17.4. The maximum Gasteiger partial charge on any atom is 0.251 e. The zero-order valence-corrected chi connectivity index (χ0v) is 21.6. The van der Waals surface area contributed by atoms with Gasteiger partial charge in [0.1, 0.15) is 5.75 Å². The van der Waals surface area contributed by atoms with Crippen molar-refractivity contribution in [2.45, 2.75) is 18.7 Å². The predicted molar refractivity (Wildman–Crippen MR) is 143 cm³/mol. The Labute approximate surface area is 215 Å². The molecule has 0 aromatic heterocycles. The zero-order chi connectivity index (χ0) is 26.5. The largest absolute Gasteiger partial charge is 0.497 e. The Hall–Kier alpha value is -3.90. The fourth-order valence-electron chi connectivity index (χ4n) is 2.38. The molecule has 0 unspecified atom stereocenters. The maximum atomic E-state index is 11.2. The molecule has 0 fully saturated rings. The smallest absolute Gasteiger partial charge is 0.251 e. The van der Waals surface area contributed by atoms with E-state index in [4.69, 9.17) is 4.74 Å². The lowest BCUT2D eigenvalue weighted by molar-refractivity contribution is 0.0956. The molecule has 0 aliphatic carbocycles. The van der Waals surface area contributed by atoms with Gasteiger partial charge in [-0.25, -0.2) is 8.42 Å². The van der Waals surface area contributed by atoms with E-state index < -0.39 is 9.84 Å². The molecule has 0 bridgehead atoms. The van der Waals surface area contributed by atoms with Gasteiger partial charge < -0.3 is 10.1 Å². The summed E-state index contributed by atoms with van der Waals surface area (Å²) >= 11 is 0. The number of hydrogen-bond acceptors (Lipinski definition) is 4. The van der Waals surface area contributed by atoms with Gasteiger partial charge in [0.2, 0.25) is 0 Å². The highest BCUT2D eigenvalue weighted by atomic mass is 32.2. The third kappa shape index (κ3) is 13.1. The highest BCUT2D eigenvalue weighted by molar-refractivity contribution is 7.91. The third-order valence-electron chi connectivity index (χ3n) is 4.25. The van der Waals surface area contributed by atoms with Gasteiger partial charge >= 0.3 is 0 Å². The Balaban J connectivity index is 0.000000246. The van der Waals surface area contributed by atoms with E-state index in [0.29, 0.717) is 17.0 Å². The molecule has 4 radical (unpaired) electrons. The number of nitrogens with one attached hydrogen (secondary N) is 1. The monoisotopic (exact) mass is 501 g/mol. The Morgan fingerprint density at radius 1 is 0.778 bits per heavy atom.